The maximum Gasteiger partial charge on any atom is 0.338 e. The number of hydrogen-bond acceptors (Lipinski definition) is 4. The number of ether oxygens (including phenoxy) is 1. The van der Waals surface area contributed by atoms with Crippen molar-refractivity contribution < 1.29 is 14.3 Å². The third-order valence-corrected chi connectivity index (χ3v) is 5.95. The molecule has 0 saturated heterocycles. The van der Waals surface area contributed by atoms with Crippen LogP contribution in [0.4, 0.5) is 4.79 Å². The average molecular weight is 360 g/mol. The Balaban J connectivity index is 1.90. The molecule has 1 aliphatic carbocycles. The number of esters is 1. The van der Waals surface area contributed by atoms with E-state index in [1.807, 2.05) is 42.1 Å². The van der Waals surface area contributed by atoms with Crippen molar-refractivity contribution in [3.05, 3.63) is 47.2 Å². The Morgan fingerprint density at radius 3 is 2.64 bits per heavy atom. The number of hydrogen-bond donors (Lipinski definition) is 2. The molecule has 1 fully saturated rings. The van der Waals surface area contributed by atoms with Crippen LogP contribution < -0.4 is 10.6 Å². The zero-order valence-electron chi connectivity index (χ0n) is 14.4. The van der Waals surface area contributed by atoms with Crippen LogP contribution in [0.5, 0.6) is 0 Å². The van der Waals surface area contributed by atoms with Crippen LogP contribution in [-0.2, 0) is 9.53 Å². The van der Waals surface area contributed by atoms with Crippen LogP contribution in [0.2, 0.25) is 0 Å². The monoisotopic (exact) mass is 360 g/mol. The maximum absolute atomic E-state index is 12.6. The molecule has 134 valence electrons. The van der Waals surface area contributed by atoms with Crippen LogP contribution in [0, 0.1) is 0 Å². The molecule has 1 saturated carbocycles. The van der Waals surface area contributed by atoms with Gasteiger partial charge in [0.1, 0.15) is 0 Å². The summed E-state index contributed by atoms with van der Waals surface area (Å²) in [7, 11) is 0. The van der Waals surface area contributed by atoms with Gasteiger partial charge in [0, 0.05) is 16.7 Å². The van der Waals surface area contributed by atoms with Crippen LogP contribution in [0.3, 0.4) is 0 Å². The van der Waals surface area contributed by atoms with Gasteiger partial charge < -0.3 is 15.4 Å². The lowest BCUT2D eigenvalue weighted by atomic mass is 9.95. The third-order valence-electron chi connectivity index (χ3n) is 4.55. The Morgan fingerprint density at radius 2 is 1.96 bits per heavy atom. The predicted octanol–water partition coefficient (Wildman–Crippen LogP) is 3.53. The molecule has 25 heavy (non-hydrogen) atoms. The number of urea groups is 1. The van der Waals surface area contributed by atoms with Gasteiger partial charge in [-0.3, -0.25) is 0 Å². The second-order valence-electron chi connectivity index (χ2n) is 6.27. The number of carbonyl (C=O) groups is 2. The van der Waals surface area contributed by atoms with Gasteiger partial charge in [0.15, 0.2) is 0 Å². The van der Waals surface area contributed by atoms with Gasteiger partial charge in [-0.2, -0.15) is 11.8 Å². The number of thioether (sulfide) groups is 1. The fourth-order valence-electron chi connectivity index (χ4n) is 3.33. The quantitative estimate of drug-likeness (QED) is 0.762. The predicted molar refractivity (Wildman–Crippen MR) is 99.2 cm³/mol. The highest BCUT2D eigenvalue weighted by atomic mass is 32.2. The van der Waals surface area contributed by atoms with Crippen molar-refractivity contribution in [2.45, 2.75) is 43.9 Å². The molecule has 1 heterocycles. The summed E-state index contributed by atoms with van der Waals surface area (Å²) in [6.45, 7) is 2.10. The van der Waals surface area contributed by atoms with E-state index in [2.05, 4.69) is 10.6 Å². The lowest BCUT2D eigenvalue weighted by Gasteiger charge is -2.29. The van der Waals surface area contributed by atoms with E-state index >= 15 is 0 Å². The van der Waals surface area contributed by atoms with Gasteiger partial charge in [0.25, 0.3) is 0 Å². The van der Waals surface area contributed by atoms with Gasteiger partial charge in [-0.05, 0) is 25.3 Å². The van der Waals surface area contributed by atoms with Gasteiger partial charge in [-0.15, -0.1) is 0 Å². The third kappa shape index (κ3) is 4.37. The number of benzene rings is 1. The largest absolute Gasteiger partial charge is 0.463 e. The van der Waals surface area contributed by atoms with Gasteiger partial charge in [0.2, 0.25) is 0 Å². The van der Waals surface area contributed by atoms with E-state index in [0.29, 0.717) is 28.9 Å². The standard InChI is InChI=1S/C19H24N2O3S/c1-2-24-18(22)16-15(12-25-14-10-6-7-11-14)20-19(23)21-17(16)13-8-4-3-5-9-13/h3-5,8-9,14,17H,2,6-7,10-12H2,1H3,(H2,20,21,23)/t17-/m0/s1. The molecule has 0 aromatic heterocycles. The minimum Gasteiger partial charge on any atom is -0.463 e. The summed E-state index contributed by atoms with van der Waals surface area (Å²) < 4.78 is 5.27. The number of amides is 2. The lowest BCUT2D eigenvalue weighted by molar-refractivity contribution is -0.139. The normalized spacial score (nSPS) is 21.0. The first kappa shape index (κ1) is 17.9. The molecule has 1 aromatic rings. The van der Waals surface area contributed by atoms with Crippen LogP contribution in [-0.4, -0.2) is 29.6 Å². The van der Waals surface area contributed by atoms with Crippen LogP contribution >= 0.6 is 11.8 Å². The summed E-state index contributed by atoms with van der Waals surface area (Å²) in [6, 6.07) is 8.79. The molecule has 1 atom stereocenters. The van der Waals surface area contributed by atoms with Crippen molar-refractivity contribution in [3.63, 3.8) is 0 Å². The number of rotatable bonds is 6. The molecule has 3 rings (SSSR count). The maximum atomic E-state index is 12.6. The van der Waals surface area contributed by atoms with E-state index in [1.165, 1.54) is 25.7 Å². The van der Waals surface area contributed by atoms with Crippen molar-refractivity contribution >= 4 is 23.8 Å². The second kappa shape index (κ2) is 8.43. The molecule has 2 amide bonds. The highest BCUT2D eigenvalue weighted by Crippen LogP contribution is 2.33. The molecule has 0 radical (unpaired) electrons. The number of nitrogens with one attached hydrogen (secondary N) is 2. The summed E-state index contributed by atoms with van der Waals surface area (Å²) >= 11 is 1.82. The van der Waals surface area contributed by atoms with Crippen molar-refractivity contribution in [1.82, 2.24) is 10.6 Å². The fraction of sp³-hybridized carbons (Fsp3) is 0.474. The topological polar surface area (TPSA) is 67.4 Å². The summed E-state index contributed by atoms with van der Waals surface area (Å²) in [4.78, 5) is 24.8. The van der Waals surface area contributed by atoms with E-state index in [1.54, 1.807) is 6.92 Å². The zero-order valence-corrected chi connectivity index (χ0v) is 15.2. The van der Waals surface area contributed by atoms with E-state index in [0.717, 1.165) is 5.56 Å². The van der Waals surface area contributed by atoms with Crippen LogP contribution in [0.25, 0.3) is 0 Å². The Hall–Kier alpha value is -1.95. The molecule has 6 heteroatoms. The van der Waals surface area contributed by atoms with E-state index < -0.39 is 6.04 Å². The Morgan fingerprint density at radius 1 is 1.24 bits per heavy atom. The van der Waals surface area contributed by atoms with Crippen molar-refractivity contribution in [1.29, 1.82) is 0 Å². The fourth-order valence-corrected chi connectivity index (χ4v) is 4.63. The Kier molecular flexibility index (Phi) is 6.02. The Bertz CT molecular complexity index is 654. The van der Waals surface area contributed by atoms with Gasteiger partial charge in [-0.1, -0.05) is 43.2 Å². The molecular formula is C19H24N2O3S. The van der Waals surface area contributed by atoms with Crippen molar-refractivity contribution in [2.75, 3.05) is 12.4 Å². The molecule has 0 bridgehead atoms. The van der Waals surface area contributed by atoms with Gasteiger partial charge in [0.05, 0.1) is 18.2 Å². The van der Waals surface area contributed by atoms with E-state index in [9.17, 15) is 9.59 Å². The zero-order chi connectivity index (χ0) is 17.6. The molecule has 1 aliphatic heterocycles. The average Bonchev–Trinajstić information content (AvgIpc) is 3.14. The highest BCUT2D eigenvalue weighted by Gasteiger charge is 2.33. The first-order chi connectivity index (χ1) is 12.2. The molecular weight excluding hydrogens is 336 g/mol. The van der Waals surface area contributed by atoms with Crippen molar-refractivity contribution in [2.24, 2.45) is 0 Å². The summed E-state index contributed by atoms with van der Waals surface area (Å²) in [5.41, 5.74) is 2.06. The van der Waals surface area contributed by atoms with Gasteiger partial charge in [-0.25, -0.2) is 9.59 Å². The molecule has 0 unspecified atom stereocenters. The first-order valence-electron chi connectivity index (χ1n) is 8.83. The molecule has 2 N–H and O–H groups in total. The summed E-state index contributed by atoms with van der Waals surface area (Å²) in [5, 5.41) is 6.31. The molecule has 1 aromatic carbocycles. The smallest absolute Gasteiger partial charge is 0.338 e. The minimum absolute atomic E-state index is 0.274. The second-order valence-corrected chi connectivity index (χ2v) is 7.56. The summed E-state index contributed by atoms with van der Waals surface area (Å²) in [6.07, 6.45) is 4.95. The Labute approximate surface area is 152 Å². The van der Waals surface area contributed by atoms with Crippen molar-refractivity contribution in [3.8, 4) is 0 Å². The number of carbonyl (C=O) groups excluding carboxylic acids is 2. The van der Waals surface area contributed by atoms with E-state index in [-0.39, 0.29) is 12.0 Å². The lowest BCUT2D eigenvalue weighted by Crippen LogP contribution is -2.46. The van der Waals surface area contributed by atoms with E-state index in [4.69, 9.17) is 4.74 Å². The minimum atomic E-state index is -0.479. The van der Waals surface area contributed by atoms with Crippen LogP contribution in [0.15, 0.2) is 41.6 Å². The van der Waals surface area contributed by atoms with Crippen LogP contribution in [0.1, 0.15) is 44.2 Å². The highest BCUT2D eigenvalue weighted by molar-refractivity contribution is 8.00. The SMILES string of the molecule is CCOC(=O)C1=C(CSC2CCCC2)NC(=O)N[C@H]1c1ccccc1. The van der Waals surface area contributed by atoms with Gasteiger partial charge >= 0.3 is 12.0 Å². The molecule has 2 aliphatic rings. The molecule has 5 nitrogen and oxygen atoms in total. The summed E-state index contributed by atoms with van der Waals surface area (Å²) in [5.74, 6) is 0.251. The first-order valence-corrected chi connectivity index (χ1v) is 9.88. The molecule has 0 spiro atoms.